The Balaban J connectivity index is 2.01. The smallest absolute Gasteiger partial charge is 0.406 e. The van der Waals surface area contributed by atoms with Gasteiger partial charge in [0.1, 0.15) is 6.54 Å². The van der Waals surface area contributed by atoms with Gasteiger partial charge < -0.3 is 14.9 Å². The van der Waals surface area contributed by atoms with Gasteiger partial charge in [0.15, 0.2) is 0 Å². The molecule has 1 N–H and O–H groups in total. The molecule has 2 unspecified atom stereocenters. The van der Waals surface area contributed by atoms with Crippen LogP contribution < -0.4 is 0 Å². The van der Waals surface area contributed by atoms with E-state index in [0.29, 0.717) is 4.90 Å². The van der Waals surface area contributed by atoms with Crippen molar-refractivity contribution in [3.8, 4) is 0 Å². The largest absolute Gasteiger partial charge is 0.481 e. The summed E-state index contributed by atoms with van der Waals surface area (Å²) < 4.78 is 37.2. The highest BCUT2D eigenvalue weighted by molar-refractivity contribution is 5.89. The third-order valence-electron chi connectivity index (χ3n) is 4.10. The summed E-state index contributed by atoms with van der Waals surface area (Å²) in [6.45, 7) is -0.129. The highest BCUT2D eigenvalue weighted by atomic mass is 19.4. The lowest BCUT2D eigenvalue weighted by Crippen LogP contribution is -2.43. The molecule has 130 valence electrons. The lowest BCUT2D eigenvalue weighted by atomic mass is 10.1. The van der Waals surface area contributed by atoms with Crippen molar-refractivity contribution in [3.05, 3.63) is 0 Å². The number of amides is 2. The monoisotopic (exact) mass is 336 g/mol. The molecule has 1 saturated heterocycles. The quantitative estimate of drug-likeness (QED) is 0.788. The average Bonchev–Trinajstić information content (AvgIpc) is 3.19. The van der Waals surface area contributed by atoms with Gasteiger partial charge in [-0.1, -0.05) is 6.92 Å². The fourth-order valence-electron chi connectivity index (χ4n) is 2.72. The Labute approximate surface area is 131 Å². The second-order valence-corrected chi connectivity index (χ2v) is 6.25. The van der Waals surface area contributed by atoms with Crippen LogP contribution in [0.2, 0.25) is 0 Å². The predicted octanol–water partition coefficient (Wildman–Crippen LogP) is 1.11. The molecule has 0 bridgehead atoms. The minimum atomic E-state index is -4.50. The summed E-state index contributed by atoms with van der Waals surface area (Å²) in [6.07, 6.45) is -3.24. The molecular formula is C14H19F3N2O4. The van der Waals surface area contributed by atoms with Crippen molar-refractivity contribution in [2.45, 2.75) is 38.4 Å². The number of carbonyl (C=O) groups excluding carboxylic acids is 2. The van der Waals surface area contributed by atoms with Crippen LogP contribution in [0.3, 0.4) is 0 Å². The Kier molecular flexibility index (Phi) is 4.86. The van der Waals surface area contributed by atoms with Crippen molar-refractivity contribution >= 4 is 17.8 Å². The van der Waals surface area contributed by atoms with Crippen LogP contribution in [-0.4, -0.2) is 64.5 Å². The predicted molar refractivity (Wildman–Crippen MR) is 72.3 cm³/mol. The molecule has 2 aliphatic rings. The number of hydrogen-bond acceptors (Lipinski definition) is 3. The van der Waals surface area contributed by atoms with E-state index >= 15 is 0 Å². The highest BCUT2D eigenvalue weighted by Crippen LogP contribution is 2.32. The molecule has 23 heavy (non-hydrogen) atoms. The van der Waals surface area contributed by atoms with E-state index in [9.17, 15) is 27.6 Å². The maximum absolute atomic E-state index is 12.5. The van der Waals surface area contributed by atoms with Crippen molar-refractivity contribution in [2.75, 3.05) is 19.6 Å². The fraction of sp³-hybridized carbons (Fsp3) is 0.786. The molecule has 0 aromatic heterocycles. The first-order valence-corrected chi connectivity index (χ1v) is 7.46. The Hall–Kier alpha value is -1.80. The van der Waals surface area contributed by atoms with Crippen LogP contribution in [0.25, 0.3) is 0 Å². The third-order valence-corrected chi connectivity index (χ3v) is 4.10. The second kappa shape index (κ2) is 6.37. The van der Waals surface area contributed by atoms with E-state index in [1.807, 2.05) is 0 Å². The first-order chi connectivity index (χ1) is 10.6. The number of nitrogens with zero attached hydrogens (tertiary/aromatic N) is 2. The van der Waals surface area contributed by atoms with Crippen molar-refractivity contribution in [1.29, 1.82) is 0 Å². The summed E-state index contributed by atoms with van der Waals surface area (Å²) in [7, 11) is 0. The molecule has 0 aromatic rings. The van der Waals surface area contributed by atoms with Crippen LogP contribution in [0.15, 0.2) is 0 Å². The van der Waals surface area contributed by atoms with Crippen molar-refractivity contribution < 1.29 is 32.7 Å². The standard InChI is InChI=1S/C14H19F3N2O4/c1-8(13(22)23)5-19(10-2-3-10)12(21)9-4-11(20)18(6-9)7-14(15,16)17/h8-10H,2-7H2,1H3,(H,22,23). The van der Waals surface area contributed by atoms with Crippen LogP contribution in [-0.2, 0) is 14.4 Å². The molecular weight excluding hydrogens is 317 g/mol. The van der Waals surface area contributed by atoms with Gasteiger partial charge in [-0.25, -0.2) is 0 Å². The van der Waals surface area contributed by atoms with Crippen LogP contribution in [0.5, 0.6) is 0 Å². The number of carboxylic acids is 1. The van der Waals surface area contributed by atoms with Gasteiger partial charge in [-0.2, -0.15) is 13.2 Å². The number of halogens is 3. The Morgan fingerprint density at radius 2 is 2.00 bits per heavy atom. The zero-order valence-electron chi connectivity index (χ0n) is 12.7. The van der Waals surface area contributed by atoms with E-state index < -0.39 is 42.3 Å². The second-order valence-electron chi connectivity index (χ2n) is 6.25. The maximum atomic E-state index is 12.5. The Bertz CT molecular complexity index is 505. The molecule has 2 rings (SSSR count). The molecule has 2 atom stereocenters. The summed E-state index contributed by atoms with van der Waals surface area (Å²) in [4.78, 5) is 37.2. The van der Waals surface area contributed by atoms with Crippen molar-refractivity contribution in [2.24, 2.45) is 11.8 Å². The van der Waals surface area contributed by atoms with Crippen LogP contribution in [0, 0.1) is 11.8 Å². The van der Waals surface area contributed by atoms with E-state index in [1.54, 1.807) is 0 Å². The zero-order chi connectivity index (χ0) is 17.4. The summed E-state index contributed by atoms with van der Waals surface area (Å²) in [6, 6.07) is -0.0592. The number of carboxylic acid groups (broad SMARTS) is 1. The number of alkyl halides is 3. The molecule has 1 heterocycles. The molecule has 0 radical (unpaired) electrons. The van der Waals surface area contributed by atoms with Crippen LogP contribution in [0.4, 0.5) is 13.2 Å². The van der Waals surface area contributed by atoms with Crippen LogP contribution in [0.1, 0.15) is 26.2 Å². The summed E-state index contributed by atoms with van der Waals surface area (Å²) >= 11 is 0. The number of hydrogen-bond donors (Lipinski definition) is 1. The molecule has 2 amide bonds. The van der Waals surface area contributed by atoms with E-state index in [2.05, 4.69) is 0 Å². The van der Waals surface area contributed by atoms with E-state index in [1.165, 1.54) is 11.8 Å². The molecule has 1 saturated carbocycles. The molecule has 1 aliphatic carbocycles. The normalized spacial score (nSPS) is 23.0. The maximum Gasteiger partial charge on any atom is 0.406 e. The van der Waals surface area contributed by atoms with E-state index in [0.717, 1.165) is 12.8 Å². The average molecular weight is 336 g/mol. The lowest BCUT2D eigenvalue weighted by molar-refractivity contribution is -0.157. The van der Waals surface area contributed by atoms with Gasteiger partial charge in [0, 0.05) is 25.6 Å². The van der Waals surface area contributed by atoms with Gasteiger partial charge in [0.05, 0.1) is 11.8 Å². The zero-order valence-corrected chi connectivity index (χ0v) is 12.7. The topological polar surface area (TPSA) is 77.9 Å². The number of carbonyl (C=O) groups is 3. The van der Waals surface area contributed by atoms with Gasteiger partial charge >= 0.3 is 12.1 Å². The van der Waals surface area contributed by atoms with Crippen molar-refractivity contribution in [1.82, 2.24) is 9.80 Å². The van der Waals surface area contributed by atoms with Gasteiger partial charge in [0.25, 0.3) is 0 Å². The van der Waals surface area contributed by atoms with Crippen molar-refractivity contribution in [3.63, 3.8) is 0 Å². The van der Waals surface area contributed by atoms with Gasteiger partial charge in [-0.3, -0.25) is 14.4 Å². The minimum Gasteiger partial charge on any atom is -0.481 e. The highest BCUT2D eigenvalue weighted by Gasteiger charge is 2.44. The van der Waals surface area contributed by atoms with E-state index in [-0.39, 0.29) is 25.6 Å². The molecule has 0 aromatic carbocycles. The molecule has 0 spiro atoms. The summed E-state index contributed by atoms with van der Waals surface area (Å²) in [5, 5.41) is 8.97. The summed E-state index contributed by atoms with van der Waals surface area (Å²) in [5.41, 5.74) is 0. The first-order valence-electron chi connectivity index (χ1n) is 7.46. The molecule has 6 nitrogen and oxygen atoms in total. The lowest BCUT2D eigenvalue weighted by Gasteiger charge is -2.27. The summed E-state index contributed by atoms with van der Waals surface area (Å²) in [5.74, 6) is -3.74. The first kappa shape index (κ1) is 17.6. The Morgan fingerprint density at radius 1 is 1.39 bits per heavy atom. The fourth-order valence-corrected chi connectivity index (χ4v) is 2.72. The van der Waals surface area contributed by atoms with E-state index in [4.69, 9.17) is 5.11 Å². The molecule has 2 fully saturated rings. The molecule has 1 aliphatic heterocycles. The number of aliphatic carboxylic acids is 1. The third kappa shape index (κ3) is 4.59. The van der Waals surface area contributed by atoms with Gasteiger partial charge in [-0.15, -0.1) is 0 Å². The van der Waals surface area contributed by atoms with Gasteiger partial charge in [0.2, 0.25) is 11.8 Å². The minimum absolute atomic E-state index is 0.0167. The van der Waals surface area contributed by atoms with Gasteiger partial charge in [-0.05, 0) is 12.8 Å². The Morgan fingerprint density at radius 3 is 2.48 bits per heavy atom. The number of rotatable bonds is 6. The molecule has 9 heteroatoms. The van der Waals surface area contributed by atoms with Crippen LogP contribution >= 0.6 is 0 Å². The SMILES string of the molecule is CC(CN(C(=O)C1CC(=O)N(CC(F)(F)F)C1)C1CC1)C(=O)O. The number of likely N-dealkylation sites (tertiary alicyclic amines) is 1.